The summed E-state index contributed by atoms with van der Waals surface area (Å²) in [4.78, 5) is 19.3. The van der Waals surface area contributed by atoms with Gasteiger partial charge in [0.05, 0.1) is 5.56 Å². The molecule has 4 nitrogen and oxygen atoms in total. The number of nitrogens with one attached hydrogen (secondary N) is 1. The summed E-state index contributed by atoms with van der Waals surface area (Å²) in [6.07, 6.45) is 0.663. The van der Waals surface area contributed by atoms with Gasteiger partial charge in [-0.05, 0) is 30.5 Å². The monoisotopic (exact) mass is 289 g/mol. The molecule has 104 valence electrons. The molecule has 0 aliphatic carbocycles. The fraction of sp³-hybridized carbons (Fsp3) is 0.267. The minimum atomic E-state index is 0.162. The molecule has 20 heavy (non-hydrogen) atoms. The van der Waals surface area contributed by atoms with E-state index in [4.69, 9.17) is 11.6 Å². The summed E-state index contributed by atoms with van der Waals surface area (Å²) in [7, 11) is 0. The standard InChI is InChI=1S/C15H16ClN3O/c1-9(2)11-5-4-6-12(7-11)19-15-13(8-20)14(16)17-10(3)18-15/h4-9H,1-3H3,(H,17,18,19). The van der Waals surface area contributed by atoms with Crippen LogP contribution in [0, 0.1) is 6.92 Å². The van der Waals surface area contributed by atoms with Crippen molar-refractivity contribution < 1.29 is 4.79 Å². The Morgan fingerprint density at radius 3 is 2.70 bits per heavy atom. The van der Waals surface area contributed by atoms with E-state index in [0.717, 1.165) is 5.69 Å². The number of aryl methyl sites for hydroxylation is 1. The van der Waals surface area contributed by atoms with Crippen molar-refractivity contribution >= 4 is 29.4 Å². The van der Waals surface area contributed by atoms with Gasteiger partial charge in [0.25, 0.3) is 0 Å². The van der Waals surface area contributed by atoms with E-state index in [1.54, 1.807) is 6.92 Å². The van der Waals surface area contributed by atoms with Crippen molar-refractivity contribution in [3.05, 3.63) is 46.4 Å². The number of aldehydes is 1. The van der Waals surface area contributed by atoms with Crippen LogP contribution >= 0.6 is 11.6 Å². The summed E-state index contributed by atoms with van der Waals surface area (Å²) in [5.74, 6) is 1.37. The average molecular weight is 290 g/mol. The molecule has 0 spiro atoms. The highest BCUT2D eigenvalue weighted by atomic mass is 35.5. The lowest BCUT2D eigenvalue weighted by Gasteiger charge is -2.12. The van der Waals surface area contributed by atoms with Gasteiger partial charge in [0.2, 0.25) is 0 Å². The maximum atomic E-state index is 11.1. The summed E-state index contributed by atoms with van der Waals surface area (Å²) in [5, 5.41) is 3.30. The highest BCUT2D eigenvalue weighted by molar-refractivity contribution is 6.32. The molecule has 0 unspecified atom stereocenters. The number of anilines is 2. The summed E-state index contributed by atoms with van der Waals surface area (Å²) >= 11 is 5.96. The van der Waals surface area contributed by atoms with Crippen molar-refractivity contribution in [3.63, 3.8) is 0 Å². The number of nitrogens with zero attached hydrogens (tertiary/aromatic N) is 2. The molecule has 0 amide bonds. The third-order valence-corrected chi connectivity index (χ3v) is 3.23. The first kappa shape index (κ1) is 14.5. The van der Waals surface area contributed by atoms with Gasteiger partial charge in [0.15, 0.2) is 6.29 Å². The van der Waals surface area contributed by atoms with Crippen LogP contribution in [0.5, 0.6) is 0 Å². The molecule has 0 atom stereocenters. The Labute approximate surface area is 123 Å². The van der Waals surface area contributed by atoms with Gasteiger partial charge in [-0.25, -0.2) is 9.97 Å². The van der Waals surface area contributed by atoms with Crippen LogP contribution < -0.4 is 5.32 Å². The maximum absolute atomic E-state index is 11.1. The van der Waals surface area contributed by atoms with Crippen molar-refractivity contribution in [1.82, 2.24) is 9.97 Å². The van der Waals surface area contributed by atoms with E-state index >= 15 is 0 Å². The van der Waals surface area contributed by atoms with Crippen molar-refractivity contribution in [2.75, 3.05) is 5.32 Å². The van der Waals surface area contributed by atoms with E-state index in [1.165, 1.54) is 5.56 Å². The number of rotatable bonds is 4. The molecule has 2 aromatic rings. The minimum Gasteiger partial charge on any atom is -0.339 e. The van der Waals surface area contributed by atoms with Crippen molar-refractivity contribution in [1.29, 1.82) is 0 Å². The normalized spacial score (nSPS) is 10.7. The van der Waals surface area contributed by atoms with Gasteiger partial charge in [-0.1, -0.05) is 37.6 Å². The number of carbonyl (C=O) groups excluding carboxylic acids is 1. The maximum Gasteiger partial charge on any atom is 0.156 e. The molecule has 1 aromatic carbocycles. The summed E-state index contributed by atoms with van der Waals surface area (Å²) in [6.45, 7) is 5.99. The van der Waals surface area contributed by atoms with Gasteiger partial charge in [-0.15, -0.1) is 0 Å². The molecule has 0 bridgehead atoms. The smallest absolute Gasteiger partial charge is 0.156 e. The van der Waals surface area contributed by atoms with Crippen molar-refractivity contribution in [2.45, 2.75) is 26.7 Å². The first-order valence-electron chi connectivity index (χ1n) is 6.37. The minimum absolute atomic E-state index is 0.162. The van der Waals surface area contributed by atoms with E-state index in [9.17, 15) is 4.79 Å². The second-order valence-corrected chi connectivity index (χ2v) is 5.20. The largest absolute Gasteiger partial charge is 0.339 e. The first-order chi connectivity index (χ1) is 9.51. The van der Waals surface area contributed by atoms with Crippen LogP contribution in [0.3, 0.4) is 0 Å². The topological polar surface area (TPSA) is 54.9 Å². The van der Waals surface area contributed by atoms with Gasteiger partial charge in [0, 0.05) is 5.69 Å². The van der Waals surface area contributed by atoms with Crippen molar-refractivity contribution in [2.24, 2.45) is 0 Å². The molecule has 5 heteroatoms. The number of hydrogen-bond acceptors (Lipinski definition) is 4. The molecule has 1 heterocycles. The molecule has 0 aliphatic rings. The highest BCUT2D eigenvalue weighted by Crippen LogP contribution is 2.25. The molecule has 2 rings (SSSR count). The van der Waals surface area contributed by atoms with Crippen LogP contribution in [0.15, 0.2) is 24.3 Å². The van der Waals surface area contributed by atoms with Crippen LogP contribution in [0.1, 0.15) is 41.5 Å². The Morgan fingerprint density at radius 2 is 2.05 bits per heavy atom. The Kier molecular flexibility index (Phi) is 4.35. The number of aromatic nitrogens is 2. The lowest BCUT2D eigenvalue weighted by atomic mass is 10.0. The van der Waals surface area contributed by atoms with E-state index in [1.807, 2.05) is 18.2 Å². The second-order valence-electron chi connectivity index (χ2n) is 4.85. The Bertz CT molecular complexity index is 641. The molecule has 0 aliphatic heterocycles. The Morgan fingerprint density at radius 1 is 1.30 bits per heavy atom. The van der Waals surface area contributed by atoms with Gasteiger partial charge in [-0.3, -0.25) is 4.79 Å². The second kappa shape index (κ2) is 6.01. The third kappa shape index (κ3) is 3.14. The van der Waals surface area contributed by atoms with Gasteiger partial charge >= 0.3 is 0 Å². The van der Waals surface area contributed by atoms with Crippen LogP contribution in [0.4, 0.5) is 11.5 Å². The van der Waals surface area contributed by atoms with E-state index in [2.05, 4.69) is 35.2 Å². The molecule has 0 saturated carbocycles. The van der Waals surface area contributed by atoms with Gasteiger partial charge in [-0.2, -0.15) is 0 Å². The highest BCUT2D eigenvalue weighted by Gasteiger charge is 2.11. The average Bonchev–Trinajstić information content (AvgIpc) is 2.38. The Balaban J connectivity index is 2.39. The Hall–Kier alpha value is -1.94. The van der Waals surface area contributed by atoms with E-state index < -0.39 is 0 Å². The summed E-state index contributed by atoms with van der Waals surface area (Å²) in [6, 6.07) is 7.99. The van der Waals surface area contributed by atoms with E-state index in [0.29, 0.717) is 23.8 Å². The van der Waals surface area contributed by atoms with Gasteiger partial charge in [0.1, 0.15) is 16.8 Å². The quantitative estimate of drug-likeness (QED) is 0.679. The molecule has 0 radical (unpaired) electrons. The van der Waals surface area contributed by atoms with Crippen LogP contribution in [0.25, 0.3) is 0 Å². The predicted octanol–water partition coefficient (Wildman–Crippen LogP) is 4.12. The van der Waals surface area contributed by atoms with Crippen LogP contribution in [-0.2, 0) is 0 Å². The fourth-order valence-corrected chi connectivity index (χ4v) is 2.12. The number of benzene rings is 1. The lowest BCUT2D eigenvalue weighted by Crippen LogP contribution is -2.03. The zero-order valence-corrected chi connectivity index (χ0v) is 12.4. The lowest BCUT2D eigenvalue weighted by molar-refractivity contribution is 0.112. The van der Waals surface area contributed by atoms with Crippen molar-refractivity contribution in [3.8, 4) is 0 Å². The zero-order chi connectivity index (χ0) is 14.7. The third-order valence-electron chi connectivity index (χ3n) is 2.94. The number of hydrogen-bond donors (Lipinski definition) is 1. The first-order valence-corrected chi connectivity index (χ1v) is 6.75. The van der Waals surface area contributed by atoms with E-state index in [-0.39, 0.29) is 10.7 Å². The summed E-state index contributed by atoms with van der Waals surface area (Å²) in [5.41, 5.74) is 2.35. The SMILES string of the molecule is Cc1nc(Cl)c(C=O)c(Nc2cccc(C(C)C)c2)n1. The zero-order valence-electron chi connectivity index (χ0n) is 11.6. The molecular formula is C15H16ClN3O. The molecule has 0 fully saturated rings. The number of halogens is 1. The molecule has 1 aromatic heterocycles. The molecule has 1 N–H and O–H groups in total. The fourth-order valence-electron chi connectivity index (χ4n) is 1.86. The molecule has 0 saturated heterocycles. The van der Waals surface area contributed by atoms with Crippen LogP contribution in [-0.4, -0.2) is 16.3 Å². The number of carbonyl (C=O) groups is 1. The predicted molar refractivity (Wildman–Crippen MR) is 81.0 cm³/mol. The van der Waals surface area contributed by atoms with Crippen LogP contribution in [0.2, 0.25) is 5.15 Å². The summed E-state index contributed by atoms with van der Waals surface area (Å²) < 4.78 is 0. The van der Waals surface area contributed by atoms with Gasteiger partial charge < -0.3 is 5.32 Å². The molecular weight excluding hydrogens is 274 g/mol.